The second-order valence-corrected chi connectivity index (χ2v) is 9.89. The van der Waals surface area contributed by atoms with Crippen molar-refractivity contribution in [2.75, 3.05) is 13.2 Å². The number of carbonyl (C=O) groups excluding carboxylic acids is 1. The Hall–Kier alpha value is -4.15. The van der Waals surface area contributed by atoms with Crippen LogP contribution in [0.4, 0.5) is 0 Å². The van der Waals surface area contributed by atoms with Crippen LogP contribution in [0.15, 0.2) is 71.2 Å². The van der Waals surface area contributed by atoms with Crippen LogP contribution in [-0.2, 0) is 27.9 Å². The summed E-state index contributed by atoms with van der Waals surface area (Å²) in [6, 6.07) is 17.1. The second kappa shape index (κ2) is 11.9. The van der Waals surface area contributed by atoms with Crippen LogP contribution < -0.4 is 10.9 Å². The summed E-state index contributed by atoms with van der Waals surface area (Å²) in [5.41, 5.74) is 3.64. The van der Waals surface area contributed by atoms with Gasteiger partial charge in [-0.25, -0.2) is 9.67 Å². The summed E-state index contributed by atoms with van der Waals surface area (Å²) in [5, 5.41) is 12.5. The molecule has 0 fully saturated rings. The van der Waals surface area contributed by atoms with Gasteiger partial charge in [0.1, 0.15) is 5.82 Å². The van der Waals surface area contributed by atoms with Crippen LogP contribution in [0.2, 0.25) is 0 Å². The fraction of sp³-hybridized carbons (Fsp3) is 0.367. The highest BCUT2D eigenvalue weighted by atomic mass is 16.7. The quantitative estimate of drug-likeness (QED) is 0.281. The zero-order valence-corrected chi connectivity index (χ0v) is 23.0. The van der Waals surface area contributed by atoms with Crippen LogP contribution in [0.3, 0.4) is 0 Å². The number of nitrogens with one attached hydrogen (secondary N) is 2. The first-order chi connectivity index (χ1) is 19.4. The van der Waals surface area contributed by atoms with Gasteiger partial charge in [0.25, 0.3) is 11.5 Å². The van der Waals surface area contributed by atoms with E-state index in [1.807, 2.05) is 80.2 Å². The first kappa shape index (κ1) is 27.4. The van der Waals surface area contributed by atoms with E-state index in [1.165, 1.54) is 0 Å². The molecule has 210 valence electrons. The van der Waals surface area contributed by atoms with Crippen molar-refractivity contribution in [3.63, 3.8) is 0 Å². The van der Waals surface area contributed by atoms with Crippen molar-refractivity contribution in [2.24, 2.45) is 13.0 Å². The van der Waals surface area contributed by atoms with Crippen molar-refractivity contribution in [3.8, 4) is 5.69 Å². The molecule has 3 heterocycles. The molecule has 1 aliphatic rings. The van der Waals surface area contributed by atoms with Gasteiger partial charge in [-0.3, -0.25) is 14.3 Å². The maximum atomic E-state index is 13.9. The number of hydrogen-bond donors (Lipinski definition) is 3. The fourth-order valence-corrected chi connectivity index (χ4v) is 5.41. The first-order valence-corrected chi connectivity index (χ1v) is 13.6. The van der Waals surface area contributed by atoms with Crippen LogP contribution in [0.1, 0.15) is 42.8 Å². The Morgan fingerprint density at radius 1 is 1.18 bits per heavy atom. The average molecular weight is 546 g/mol. The van der Waals surface area contributed by atoms with Gasteiger partial charge < -0.3 is 24.9 Å². The van der Waals surface area contributed by atoms with Crippen molar-refractivity contribution in [3.05, 3.63) is 93.9 Å². The van der Waals surface area contributed by atoms with E-state index in [-0.39, 0.29) is 30.4 Å². The van der Waals surface area contributed by atoms with E-state index in [0.717, 1.165) is 22.4 Å². The Balaban J connectivity index is 1.51. The van der Waals surface area contributed by atoms with Crippen molar-refractivity contribution in [2.45, 2.75) is 45.4 Å². The first-order valence-electron chi connectivity index (χ1n) is 13.6. The van der Waals surface area contributed by atoms with Crippen LogP contribution in [0.25, 0.3) is 16.7 Å². The summed E-state index contributed by atoms with van der Waals surface area (Å²) in [6.07, 6.45) is 2.02. The van der Waals surface area contributed by atoms with Gasteiger partial charge in [0.15, 0.2) is 5.76 Å². The van der Waals surface area contributed by atoms with E-state index in [4.69, 9.17) is 9.47 Å². The molecule has 0 spiro atoms. The van der Waals surface area contributed by atoms with Gasteiger partial charge in [0.2, 0.25) is 6.29 Å². The molecule has 2 aromatic carbocycles. The number of aliphatic hydroxyl groups is 1. The molecule has 40 heavy (non-hydrogen) atoms. The highest BCUT2D eigenvalue weighted by molar-refractivity contribution is 5.91. The number of rotatable bonds is 10. The number of amides is 1. The summed E-state index contributed by atoms with van der Waals surface area (Å²) in [7, 11) is 1.85. The summed E-state index contributed by atoms with van der Waals surface area (Å²) < 4.78 is 15.5. The molecule has 10 nitrogen and oxygen atoms in total. The molecule has 0 bridgehead atoms. The summed E-state index contributed by atoms with van der Waals surface area (Å²) in [6.45, 7) is 4.30. The number of para-hydroxylation sites is 3. The van der Waals surface area contributed by atoms with E-state index in [1.54, 1.807) is 10.8 Å². The zero-order chi connectivity index (χ0) is 28.2. The normalized spacial score (nSPS) is 18.9. The average Bonchev–Trinajstić information content (AvgIpc) is 3.48. The number of nitrogens with zero attached hydrogens (tertiary/aromatic N) is 3. The molecular formula is C30H35N5O5. The molecule has 4 aromatic rings. The lowest BCUT2D eigenvalue weighted by atomic mass is 9.80. The van der Waals surface area contributed by atoms with Crippen molar-refractivity contribution in [1.82, 2.24) is 24.6 Å². The summed E-state index contributed by atoms with van der Waals surface area (Å²) in [4.78, 5) is 35.0. The van der Waals surface area contributed by atoms with E-state index < -0.39 is 18.1 Å². The predicted octanol–water partition coefficient (Wildman–Crippen LogP) is 3.43. The maximum absolute atomic E-state index is 13.9. The van der Waals surface area contributed by atoms with E-state index in [2.05, 4.69) is 15.3 Å². The number of aliphatic hydroxyl groups excluding tert-OH is 1. The zero-order valence-electron chi connectivity index (χ0n) is 23.0. The minimum Gasteiger partial charge on any atom is -0.459 e. The maximum Gasteiger partial charge on any atom is 0.286 e. The number of allylic oxidation sites excluding steroid dienone is 1. The lowest BCUT2D eigenvalue weighted by Gasteiger charge is -2.36. The highest BCUT2D eigenvalue weighted by Crippen LogP contribution is 2.39. The fourth-order valence-electron chi connectivity index (χ4n) is 5.41. The van der Waals surface area contributed by atoms with Crippen LogP contribution in [0, 0.1) is 12.8 Å². The second-order valence-electron chi connectivity index (χ2n) is 9.89. The molecule has 10 heteroatoms. The number of fused-ring (bicyclic) bond motifs is 1. The Morgan fingerprint density at radius 3 is 2.65 bits per heavy atom. The molecule has 0 aliphatic carbocycles. The van der Waals surface area contributed by atoms with E-state index in [0.29, 0.717) is 30.8 Å². The number of ether oxygens (including phenoxy) is 2. The lowest BCUT2D eigenvalue weighted by Crippen LogP contribution is -2.40. The SMILES string of the molecule is CCO[C@@H]1OC(C(=O)NCc2nc3ccccc3[nH]2)=C[C@H](c2c(C)n(C)n(-c3ccccc3)c2=O)[C@@H]1CCCO. The molecule has 2 aromatic heterocycles. The Labute approximate surface area is 232 Å². The standard InChI is InChI=1S/C30H35N5O5/c1-4-39-30-21(13-10-16-36)22(27-19(2)34(3)35(29(27)38)20-11-6-5-7-12-20)17-25(40-30)28(37)31-18-26-32-23-14-8-9-15-24(23)33-26/h5-9,11-12,14-15,17,21-22,30,36H,4,10,13,16,18H2,1-3H3,(H,31,37)(H,32,33)/t21-,22-,30+/m0/s1. The third kappa shape index (κ3) is 5.32. The molecule has 0 radical (unpaired) electrons. The Morgan fingerprint density at radius 2 is 1.93 bits per heavy atom. The Bertz CT molecular complexity index is 1540. The van der Waals surface area contributed by atoms with Crippen LogP contribution in [0.5, 0.6) is 0 Å². The number of benzene rings is 2. The van der Waals surface area contributed by atoms with Crippen molar-refractivity contribution < 1.29 is 19.4 Å². The van der Waals surface area contributed by atoms with Gasteiger partial charge in [-0.2, -0.15) is 0 Å². The number of aromatic amines is 1. The molecule has 0 unspecified atom stereocenters. The highest BCUT2D eigenvalue weighted by Gasteiger charge is 2.40. The minimum absolute atomic E-state index is 0.00135. The molecular weight excluding hydrogens is 510 g/mol. The molecule has 0 saturated carbocycles. The number of hydrogen-bond acceptors (Lipinski definition) is 6. The smallest absolute Gasteiger partial charge is 0.286 e. The van der Waals surface area contributed by atoms with Gasteiger partial charge >= 0.3 is 0 Å². The number of carbonyl (C=O) groups is 1. The molecule has 1 aliphatic heterocycles. The monoisotopic (exact) mass is 545 g/mol. The van der Waals surface area contributed by atoms with Gasteiger partial charge in [0.05, 0.1) is 23.3 Å². The van der Waals surface area contributed by atoms with Gasteiger partial charge in [-0.15, -0.1) is 0 Å². The van der Waals surface area contributed by atoms with Crippen LogP contribution >= 0.6 is 0 Å². The third-order valence-corrected chi connectivity index (χ3v) is 7.42. The van der Waals surface area contributed by atoms with E-state index >= 15 is 0 Å². The number of imidazole rings is 1. The molecule has 3 N–H and O–H groups in total. The van der Waals surface area contributed by atoms with Gasteiger partial charge in [-0.05, 0) is 57.0 Å². The lowest BCUT2D eigenvalue weighted by molar-refractivity contribution is -0.166. The molecule has 3 atom stereocenters. The molecule has 0 saturated heterocycles. The van der Waals surface area contributed by atoms with Crippen LogP contribution in [-0.4, -0.2) is 49.8 Å². The van der Waals surface area contributed by atoms with Crippen molar-refractivity contribution in [1.29, 1.82) is 0 Å². The number of aromatic nitrogens is 4. The predicted molar refractivity (Wildman–Crippen MR) is 151 cm³/mol. The third-order valence-electron chi connectivity index (χ3n) is 7.42. The van der Waals surface area contributed by atoms with Gasteiger partial charge in [0, 0.05) is 43.4 Å². The molecule has 1 amide bonds. The largest absolute Gasteiger partial charge is 0.459 e. The van der Waals surface area contributed by atoms with Crippen molar-refractivity contribution >= 4 is 16.9 Å². The molecule has 5 rings (SSSR count). The Kier molecular flexibility index (Phi) is 8.18. The minimum atomic E-state index is -0.761. The summed E-state index contributed by atoms with van der Waals surface area (Å²) in [5.74, 6) is -0.458. The van der Waals surface area contributed by atoms with Gasteiger partial charge in [-0.1, -0.05) is 30.3 Å². The number of H-pyrrole nitrogens is 1. The summed E-state index contributed by atoms with van der Waals surface area (Å²) >= 11 is 0. The topological polar surface area (TPSA) is 123 Å². The van der Waals surface area contributed by atoms with E-state index in [9.17, 15) is 14.7 Å².